The predicted octanol–water partition coefficient (Wildman–Crippen LogP) is 3.30. The first-order chi connectivity index (χ1) is 14.6. The molecule has 0 bridgehead atoms. The van der Waals surface area contributed by atoms with Gasteiger partial charge in [-0.15, -0.1) is 0 Å². The first-order valence-electron chi connectivity index (χ1n) is 11.0. The van der Waals surface area contributed by atoms with Gasteiger partial charge in [0.05, 0.1) is 17.0 Å². The molecule has 3 N–H and O–H groups in total. The molecule has 1 amide bonds. The SMILES string of the molecule is NC(=O)C1=C2CCCC2=C(N2CC[C@@]3(CO)C[C@H]3C2)N2C1=CC=Cc1ccccc12. The van der Waals surface area contributed by atoms with Crippen molar-refractivity contribution >= 4 is 17.7 Å². The summed E-state index contributed by atoms with van der Waals surface area (Å²) < 4.78 is 0. The van der Waals surface area contributed by atoms with Crippen LogP contribution in [0.3, 0.4) is 0 Å². The number of carbonyl (C=O) groups excluding carboxylic acids is 1. The Labute approximate surface area is 176 Å². The summed E-state index contributed by atoms with van der Waals surface area (Å²) in [5.74, 6) is 1.45. The van der Waals surface area contributed by atoms with Gasteiger partial charge in [0.2, 0.25) is 0 Å². The second kappa shape index (κ2) is 6.35. The van der Waals surface area contributed by atoms with Gasteiger partial charge in [-0.1, -0.05) is 30.4 Å². The Morgan fingerprint density at radius 3 is 2.87 bits per heavy atom. The number of carbonyl (C=O) groups is 1. The number of aliphatic hydroxyl groups excluding tert-OH is 1. The molecule has 5 nitrogen and oxygen atoms in total. The molecular formula is C25H27N3O2. The molecule has 1 aromatic carbocycles. The summed E-state index contributed by atoms with van der Waals surface area (Å²) in [6.07, 6.45) is 11.3. The normalized spacial score (nSPS) is 29.1. The standard InChI is InChI=1S/C25H27N3O2/c26-23(30)22-18-7-4-8-19(18)24(27-12-11-25(15-29)13-17(25)14-27)28-20-9-2-1-5-16(20)6-3-10-21(22)28/h1-3,5-6,9-10,17,29H,4,7-8,11-15H2,(H2,26,30)/t17-,25-/m0/s1. The summed E-state index contributed by atoms with van der Waals surface area (Å²) >= 11 is 0. The highest BCUT2D eigenvalue weighted by atomic mass is 16.3. The maximum absolute atomic E-state index is 12.6. The summed E-state index contributed by atoms with van der Waals surface area (Å²) in [7, 11) is 0. The van der Waals surface area contributed by atoms with Crippen molar-refractivity contribution in [3.63, 3.8) is 0 Å². The van der Waals surface area contributed by atoms with Gasteiger partial charge in [0.1, 0.15) is 5.82 Å². The third kappa shape index (κ3) is 2.42. The Hall–Kier alpha value is -2.79. The summed E-state index contributed by atoms with van der Waals surface area (Å²) in [4.78, 5) is 17.4. The zero-order valence-electron chi connectivity index (χ0n) is 17.1. The van der Waals surface area contributed by atoms with E-state index in [1.807, 2.05) is 12.2 Å². The molecule has 6 rings (SSSR count). The van der Waals surface area contributed by atoms with Crippen LogP contribution in [0.4, 0.5) is 5.69 Å². The number of nitrogens with zero attached hydrogens (tertiary/aromatic N) is 2. The van der Waals surface area contributed by atoms with Crippen LogP contribution < -0.4 is 10.6 Å². The Morgan fingerprint density at radius 2 is 2.07 bits per heavy atom. The molecule has 154 valence electrons. The van der Waals surface area contributed by atoms with Crippen LogP contribution in [0.1, 0.15) is 37.7 Å². The van der Waals surface area contributed by atoms with Gasteiger partial charge in [-0.25, -0.2) is 0 Å². The topological polar surface area (TPSA) is 69.8 Å². The summed E-state index contributed by atoms with van der Waals surface area (Å²) in [6.45, 7) is 2.21. The molecule has 0 spiro atoms. The van der Waals surface area contributed by atoms with E-state index in [1.165, 1.54) is 11.4 Å². The van der Waals surface area contributed by atoms with Gasteiger partial charge in [0, 0.05) is 25.1 Å². The molecule has 0 unspecified atom stereocenters. The van der Waals surface area contributed by atoms with Crippen LogP contribution >= 0.6 is 0 Å². The third-order valence-electron chi connectivity index (χ3n) is 7.75. The van der Waals surface area contributed by atoms with E-state index in [4.69, 9.17) is 5.73 Å². The number of allylic oxidation sites excluding steroid dienone is 4. The second-order valence-corrected chi connectivity index (χ2v) is 9.30. The highest BCUT2D eigenvalue weighted by molar-refractivity contribution is 6.02. The maximum Gasteiger partial charge on any atom is 0.251 e. The fourth-order valence-corrected chi connectivity index (χ4v) is 6.04. The number of likely N-dealkylation sites (tertiary alicyclic amines) is 1. The van der Waals surface area contributed by atoms with E-state index in [0.717, 1.165) is 67.7 Å². The van der Waals surface area contributed by atoms with Gasteiger partial charge < -0.3 is 15.7 Å². The smallest absolute Gasteiger partial charge is 0.251 e. The Bertz CT molecular complexity index is 1080. The van der Waals surface area contributed by atoms with Crippen molar-refractivity contribution < 1.29 is 9.90 Å². The first kappa shape index (κ1) is 18.0. The number of nitrogens with two attached hydrogens (primary N) is 1. The van der Waals surface area contributed by atoms with Crippen molar-refractivity contribution in [1.82, 2.24) is 4.90 Å². The van der Waals surface area contributed by atoms with Crippen LogP contribution in [-0.4, -0.2) is 35.6 Å². The molecule has 1 aromatic rings. The molecule has 30 heavy (non-hydrogen) atoms. The van der Waals surface area contributed by atoms with E-state index in [9.17, 15) is 9.90 Å². The quantitative estimate of drug-likeness (QED) is 0.815. The fourth-order valence-electron chi connectivity index (χ4n) is 6.04. The molecule has 2 aliphatic carbocycles. The lowest BCUT2D eigenvalue weighted by molar-refractivity contribution is -0.114. The molecule has 0 radical (unpaired) electrons. The number of para-hydroxylation sites is 1. The minimum atomic E-state index is -0.340. The minimum absolute atomic E-state index is 0.153. The molecule has 5 aliphatic rings. The number of hydrogen-bond donors (Lipinski definition) is 2. The zero-order valence-corrected chi connectivity index (χ0v) is 17.1. The molecule has 1 saturated heterocycles. The number of piperidine rings is 1. The molecular weight excluding hydrogens is 374 g/mol. The van der Waals surface area contributed by atoms with Crippen molar-refractivity contribution in [2.24, 2.45) is 17.1 Å². The van der Waals surface area contributed by atoms with Gasteiger partial charge in [0.25, 0.3) is 5.91 Å². The molecule has 3 heterocycles. The highest BCUT2D eigenvalue weighted by Crippen LogP contribution is 2.59. The average molecular weight is 402 g/mol. The van der Waals surface area contributed by atoms with Crippen LogP contribution in [0.15, 0.2) is 64.7 Å². The van der Waals surface area contributed by atoms with Crippen molar-refractivity contribution in [3.05, 3.63) is 70.2 Å². The van der Waals surface area contributed by atoms with Gasteiger partial charge in [-0.2, -0.15) is 0 Å². The fraction of sp³-hybridized carbons (Fsp3) is 0.400. The van der Waals surface area contributed by atoms with E-state index in [2.05, 4.69) is 40.1 Å². The van der Waals surface area contributed by atoms with Crippen molar-refractivity contribution in [2.45, 2.75) is 32.1 Å². The number of anilines is 1. The van der Waals surface area contributed by atoms with Crippen molar-refractivity contribution in [1.29, 1.82) is 0 Å². The average Bonchev–Trinajstić information content (AvgIpc) is 3.35. The van der Waals surface area contributed by atoms with Crippen LogP contribution in [0.5, 0.6) is 0 Å². The van der Waals surface area contributed by atoms with E-state index >= 15 is 0 Å². The molecule has 2 atom stereocenters. The van der Waals surface area contributed by atoms with E-state index in [0.29, 0.717) is 18.1 Å². The Kier molecular flexibility index (Phi) is 3.81. The van der Waals surface area contributed by atoms with Crippen LogP contribution in [0, 0.1) is 11.3 Å². The Balaban J connectivity index is 1.55. The van der Waals surface area contributed by atoms with Crippen molar-refractivity contribution in [2.75, 3.05) is 24.6 Å². The predicted molar refractivity (Wildman–Crippen MR) is 117 cm³/mol. The minimum Gasteiger partial charge on any atom is -0.396 e. The monoisotopic (exact) mass is 401 g/mol. The number of benzene rings is 1. The van der Waals surface area contributed by atoms with Crippen LogP contribution in [0.25, 0.3) is 6.08 Å². The molecule has 2 saturated carbocycles. The van der Waals surface area contributed by atoms with Crippen LogP contribution in [0.2, 0.25) is 0 Å². The summed E-state index contributed by atoms with van der Waals surface area (Å²) in [5.41, 5.74) is 12.3. The van der Waals surface area contributed by atoms with Crippen molar-refractivity contribution in [3.8, 4) is 0 Å². The summed E-state index contributed by atoms with van der Waals surface area (Å²) in [5, 5.41) is 9.87. The lowest BCUT2D eigenvalue weighted by atomic mass is 9.91. The largest absolute Gasteiger partial charge is 0.396 e. The molecule has 0 aromatic heterocycles. The number of hydrogen-bond acceptors (Lipinski definition) is 4. The second-order valence-electron chi connectivity index (χ2n) is 9.30. The number of amides is 1. The van der Waals surface area contributed by atoms with Gasteiger partial charge in [-0.05, 0) is 66.9 Å². The highest BCUT2D eigenvalue weighted by Gasteiger charge is 2.57. The zero-order chi connectivity index (χ0) is 20.5. The van der Waals surface area contributed by atoms with E-state index < -0.39 is 0 Å². The summed E-state index contributed by atoms with van der Waals surface area (Å²) in [6, 6.07) is 8.37. The third-order valence-corrected chi connectivity index (χ3v) is 7.75. The number of fused-ring (bicyclic) bond motifs is 5. The number of rotatable bonds is 3. The first-order valence-corrected chi connectivity index (χ1v) is 11.0. The molecule has 3 aliphatic heterocycles. The molecule has 5 heteroatoms. The molecule has 3 fully saturated rings. The number of primary amides is 1. The maximum atomic E-state index is 12.6. The van der Waals surface area contributed by atoms with E-state index in [-0.39, 0.29) is 11.3 Å². The van der Waals surface area contributed by atoms with Gasteiger partial charge in [0.15, 0.2) is 0 Å². The van der Waals surface area contributed by atoms with Crippen LogP contribution in [-0.2, 0) is 4.79 Å². The lowest BCUT2D eigenvalue weighted by Gasteiger charge is -2.44. The van der Waals surface area contributed by atoms with Gasteiger partial charge in [-0.3, -0.25) is 9.69 Å². The lowest BCUT2D eigenvalue weighted by Crippen LogP contribution is -2.45. The van der Waals surface area contributed by atoms with Gasteiger partial charge >= 0.3 is 0 Å². The van der Waals surface area contributed by atoms with E-state index in [1.54, 1.807) is 0 Å². The number of aliphatic hydroxyl groups is 1. The Morgan fingerprint density at radius 1 is 1.23 bits per heavy atom.